The predicted octanol–water partition coefficient (Wildman–Crippen LogP) is 1.51. The molecule has 1 saturated heterocycles. The Morgan fingerprint density at radius 3 is 1.38 bits per heavy atom. The minimum Gasteiger partial charge on any atom is -1.00 e. The van der Waals surface area contributed by atoms with Crippen molar-refractivity contribution in [2.75, 3.05) is 6.61 Å². The molecule has 0 saturated carbocycles. The molecular weight excluding hydrogens is 403 g/mol. The summed E-state index contributed by atoms with van der Waals surface area (Å²) in [6, 6.07) is 33.1. The van der Waals surface area contributed by atoms with Crippen molar-refractivity contribution in [3.05, 3.63) is 91.0 Å². The van der Waals surface area contributed by atoms with E-state index in [1.165, 1.54) is 28.8 Å². The molecule has 134 valence electrons. The Balaban J connectivity index is 0.00000196. The standard InChI is InChI=1S/C23H24OP.BrH/c1-4-12-20(13-5-1)25(21-14-6-2-7-15-21,22-16-8-3-9-17-22)23-18-10-11-19-24-23;/h1-9,12-17,23H,10-11,18-19H2;1H/q+1;/p-1. The van der Waals surface area contributed by atoms with Crippen LogP contribution in [0.1, 0.15) is 19.3 Å². The maximum absolute atomic E-state index is 6.46. The van der Waals surface area contributed by atoms with Gasteiger partial charge < -0.3 is 21.7 Å². The average molecular weight is 427 g/mol. The summed E-state index contributed by atoms with van der Waals surface area (Å²) in [5.41, 5.74) is 0. The molecular formula is C23H24BrOP. The van der Waals surface area contributed by atoms with Gasteiger partial charge in [0.15, 0.2) is 5.85 Å². The number of benzene rings is 3. The fourth-order valence-electron chi connectivity index (χ4n) is 3.96. The van der Waals surface area contributed by atoms with Gasteiger partial charge in [0.05, 0.1) is 6.61 Å². The highest BCUT2D eigenvalue weighted by atomic mass is 79.9. The molecule has 3 aromatic rings. The minimum absolute atomic E-state index is 0. The molecule has 1 atom stereocenters. The summed E-state index contributed by atoms with van der Waals surface area (Å²) < 4.78 is 6.46. The molecule has 1 aliphatic rings. The molecule has 3 heteroatoms. The number of halogens is 1. The van der Waals surface area contributed by atoms with Crippen LogP contribution in [0.4, 0.5) is 0 Å². The molecule has 0 amide bonds. The van der Waals surface area contributed by atoms with Crippen molar-refractivity contribution in [3.63, 3.8) is 0 Å². The van der Waals surface area contributed by atoms with E-state index in [2.05, 4.69) is 91.0 Å². The maximum atomic E-state index is 6.46. The van der Waals surface area contributed by atoms with Crippen molar-refractivity contribution in [2.24, 2.45) is 0 Å². The Bertz CT molecular complexity index is 690. The Labute approximate surface area is 167 Å². The van der Waals surface area contributed by atoms with Crippen molar-refractivity contribution < 1.29 is 21.7 Å². The Hall–Kier alpha value is -1.47. The zero-order chi connectivity index (χ0) is 17.0. The van der Waals surface area contributed by atoms with Crippen molar-refractivity contribution in [1.82, 2.24) is 0 Å². The highest BCUT2D eigenvalue weighted by Gasteiger charge is 2.53. The van der Waals surface area contributed by atoms with E-state index in [0.717, 1.165) is 13.0 Å². The van der Waals surface area contributed by atoms with Gasteiger partial charge in [0.25, 0.3) is 0 Å². The fraction of sp³-hybridized carbons (Fsp3) is 0.217. The summed E-state index contributed by atoms with van der Waals surface area (Å²) in [7, 11) is -1.85. The summed E-state index contributed by atoms with van der Waals surface area (Å²) in [4.78, 5) is 0. The van der Waals surface area contributed by atoms with Crippen LogP contribution in [-0.4, -0.2) is 12.5 Å². The van der Waals surface area contributed by atoms with E-state index >= 15 is 0 Å². The predicted molar refractivity (Wildman–Crippen MR) is 109 cm³/mol. The lowest BCUT2D eigenvalue weighted by atomic mass is 10.2. The molecule has 1 heterocycles. The highest BCUT2D eigenvalue weighted by Crippen LogP contribution is 2.61. The van der Waals surface area contributed by atoms with Gasteiger partial charge in [0, 0.05) is 6.42 Å². The smallest absolute Gasteiger partial charge is 0.181 e. The Morgan fingerprint density at radius 1 is 0.615 bits per heavy atom. The number of hydrogen-bond donors (Lipinski definition) is 0. The second-order valence-corrected chi connectivity index (χ2v) is 10.1. The van der Waals surface area contributed by atoms with E-state index in [-0.39, 0.29) is 22.8 Å². The fourth-order valence-corrected chi connectivity index (χ4v) is 8.68. The topological polar surface area (TPSA) is 9.23 Å². The van der Waals surface area contributed by atoms with Gasteiger partial charge in [-0.1, -0.05) is 54.6 Å². The summed E-state index contributed by atoms with van der Waals surface area (Å²) in [6.07, 6.45) is 3.56. The van der Waals surface area contributed by atoms with Crippen LogP contribution >= 0.6 is 7.26 Å². The SMILES string of the molecule is [Br-].c1ccc([P+](c2ccccc2)(c2ccccc2)C2CCCCO2)cc1. The highest BCUT2D eigenvalue weighted by molar-refractivity contribution is 7.96. The molecule has 0 spiro atoms. The molecule has 4 rings (SSSR count). The van der Waals surface area contributed by atoms with Gasteiger partial charge in [-0.3, -0.25) is 0 Å². The molecule has 1 nitrogen and oxygen atoms in total. The summed E-state index contributed by atoms with van der Waals surface area (Å²) in [5.74, 6) is 0.258. The molecule has 3 aromatic carbocycles. The lowest BCUT2D eigenvalue weighted by Crippen LogP contribution is -3.00. The van der Waals surface area contributed by atoms with Gasteiger partial charge >= 0.3 is 0 Å². The van der Waals surface area contributed by atoms with Crippen molar-refractivity contribution in [3.8, 4) is 0 Å². The van der Waals surface area contributed by atoms with Crippen LogP contribution in [0, 0.1) is 0 Å². The van der Waals surface area contributed by atoms with E-state index in [1.807, 2.05) is 0 Å². The second kappa shape index (κ2) is 8.95. The van der Waals surface area contributed by atoms with Crippen LogP contribution in [0.2, 0.25) is 0 Å². The van der Waals surface area contributed by atoms with Gasteiger partial charge in [-0.05, 0) is 49.2 Å². The van der Waals surface area contributed by atoms with Gasteiger partial charge in [0.2, 0.25) is 0 Å². The van der Waals surface area contributed by atoms with E-state index in [9.17, 15) is 0 Å². The zero-order valence-electron chi connectivity index (χ0n) is 14.8. The molecule has 0 bridgehead atoms. The molecule has 1 fully saturated rings. The number of hydrogen-bond acceptors (Lipinski definition) is 1. The van der Waals surface area contributed by atoms with E-state index < -0.39 is 7.26 Å². The zero-order valence-corrected chi connectivity index (χ0v) is 17.3. The first kappa shape index (κ1) is 19.3. The van der Waals surface area contributed by atoms with Crippen LogP contribution < -0.4 is 32.9 Å². The quantitative estimate of drug-likeness (QED) is 0.574. The molecule has 0 N–H and O–H groups in total. The lowest BCUT2D eigenvalue weighted by molar-refractivity contribution is -0.00000618. The van der Waals surface area contributed by atoms with Crippen LogP contribution in [0.25, 0.3) is 0 Å². The third-order valence-electron chi connectivity index (χ3n) is 5.08. The molecule has 1 aliphatic heterocycles. The van der Waals surface area contributed by atoms with Gasteiger partial charge in [-0.25, -0.2) is 0 Å². The van der Waals surface area contributed by atoms with Crippen molar-refractivity contribution in [2.45, 2.75) is 25.1 Å². The van der Waals surface area contributed by atoms with Gasteiger partial charge in [-0.15, -0.1) is 0 Å². The maximum Gasteiger partial charge on any atom is 0.181 e. The number of rotatable bonds is 4. The second-order valence-electron chi connectivity index (χ2n) is 6.55. The average Bonchev–Trinajstić information content (AvgIpc) is 2.72. The van der Waals surface area contributed by atoms with Crippen molar-refractivity contribution >= 4 is 23.2 Å². The first-order valence-corrected chi connectivity index (χ1v) is 11.0. The first-order valence-electron chi connectivity index (χ1n) is 9.09. The van der Waals surface area contributed by atoms with E-state index in [4.69, 9.17) is 4.74 Å². The molecule has 26 heavy (non-hydrogen) atoms. The summed E-state index contributed by atoms with van der Waals surface area (Å²) in [5, 5.41) is 4.25. The Kier molecular flexibility index (Phi) is 6.64. The monoisotopic (exact) mass is 426 g/mol. The van der Waals surface area contributed by atoms with Crippen molar-refractivity contribution in [1.29, 1.82) is 0 Å². The normalized spacial score (nSPS) is 17.3. The van der Waals surface area contributed by atoms with Gasteiger partial charge in [0.1, 0.15) is 23.2 Å². The first-order chi connectivity index (χ1) is 12.4. The van der Waals surface area contributed by atoms with Crippen LogP contribution in [0.3, 0.4) is 0 Å². The van der Waals surface area contributed by atoms with Crippen LogP contribution in [0.5, 0.6) is 0 Å². The Morgan fingerprint density at radius 2 is 1.04 bits per heavy atom. The largest absolute Gasteiger partial charge is 1.00 e. The third kappa shape index (κ3) is 3.51. The lowest BCUT2D eigenvalue weighted by Gasteiger charge is -2.36. The summed E-state index contributed by atoms with van der Waals surface area (Å²) >= 11 is 0. The molecule has 0 radical (unpaired) electrons. The molecule has 1 unspecified atom stereocenters. The third-order valence-corrected chi connectivity index (χ3v) is 9.69. The van der Waals surface area contributed by atoms with Crippen LogP contribution in [-0.2, 0) is 4.74 Å². The van der Waals surface area contributed by atoms with E-state index in [0.29, 0.717) is 0 Å². The minimum atomic E-state index is -1.85. The molecule has 0 aliphatic carbocycles. The van der Waals surface area contributed by atoms with E-state index in [1.54, 1.807) is 0 Å². The van der Waals surface area contributed by atoms with Crippen LogP contribution in [0.15, 0.2) is 91.0 Å². The van der Waals surface area contributed by atoms with Gasteiger partial charge in [-0.2, -0.15) is 0 Å². The number of ether oxygens (including phenoxy) is 1. The summed E-state index contributed by atoms with van der Waals surface area (Å²) in [6.45, 7) is 0.874. The molecule has 0 aromatic heterocycles.